The number of rotatable bonds is 7. The predicted molar refractivity (Wildman–Crippen MR) is 121 cm³/mol. The molecule has 1 aliphatic rings. The van der Waals surface area contributed by atoms with Gasteiger partial charge in [-0.2, -0.15) is 0 Å². The molecule has 1 atom stereocenters. The molecule has 1 saturated heterocycles. The Bertz CT molecular complexity index is 977. The maximum absolute atomic E-state index is 13.0. The lowest BCUT2D eigenvalue weighted by Crippen LogP contribution is -2.52. The van der Waals surface area contributed by atoms with Gasteiger partial charge in [0, 0.05) is 38.4 Å². The molecule has 166 valence electrons. The SMILES string of the molecule is CCC(C)NC(=O)CN1CCN(C(=O)c2cccn(Cc3cccc(C)c3)c2=O)CC1. The van der Waals surface area contributed by atoms with Crippen molar-refractivity contribution in [3.63, 3.8) is 0 Å². The molecule has 1 fully saturated rings. The summed E-state index contributed by atoms with van der Waals surface area (Å²) in [5, 5.41) is 2.97. The van der Waals surface area contributed by atoms with E-state index in [0.717, 1.165) is 17.5 Å². The van der Waals surface area contributed by atoms with Gasteiger partial charge >= 0.3 is 0 Å². The molecule has 1 aliphatic heterocycles. The normalized spacial score (nSPS) is 15.5. The van der Waals surface area contributed by atoms with E-state index in [2.05, 4.69) is 5.32 Å². The molecule has 1 unspecified atom stereocenters. The second-order valence-electron chi connectivity index (χ2n) is 8.29. The maximum atomic E-state index is 13.0. The maximum Gasteiger partial charge on any atom is 0.263 e. The highest BCUT2D eigenvalue weighted by Gasteiger charge is 2.25. The molecule has 2 aromatic rings. The van der Waals surface area contributed by atoms with E-state index < -0.39 is 0 Å². The highest BCUT2D eigenvalue weighted by atomic mass is 16.2. The number of aryl methyl sites for hydroxylation is 1. The Morgan fingerprint density at radius 3 is 2.52 bits per heavy atom. The van der Waals surface area contributed by atoms with Crippen molar-refractivity contribution >= 4 is 11.8 Å². The number of hydrogen-bond donors (Lipinski definition) is 1. The topological polar surface area (TPSA) is 74.7 Å². The number of hydrogen-bond acceptors (Lipinski definition) is 4. The van der Waals surface area contributed by atoms with E-state index in [1.807, 2.05) is 49.9 Å². The third-order valence-electron chi connectivity index (χ3n) is 5.73. The number of benzene rings is 1. The second-order valence-corrected chi connectivity index (χ2v) is 8.29. The van der Waals surface area contributed by atoms with Crippen LogP contribution in [0.25, 0.3) is 0 Å². The minimum absolute atomic E-state index is 0.0104. The molecule has 0 saturated carbocycles. The molecule has 2 heterocycles. The summed E-state index contributed by atoms with van der Waals surface area (Å²) in [5.74, 6) is -0.233. The summed E-state index contributed by atoms with van der Waals surface area (Å²) in [6.07, 6.45) is 2.61. The van der Waals surface area contributed by atoms with Gasteiger partial charge in [0.1, 0.15) is 5.56 Å². The molecule has 31 heavy (non-hydrogen) atoms. The zero-order valence-corrected chi connectivity index (χ0v) is 18.6. The van der Waals surface area contributed by atoms with Gasteiger partial charge in [0.2, 0.25) is 5.91 Å². The summed E-state index contributed by atoms with van der Waals surface area (Å²) in [6, 6.07) is 11.5. The van der Waals surface area contributed by atoms with E-state index in [4.69, 9.17) is 0 Å². The van der Waals surface area contributed by atoms with Crippen molar-refractivity contribution in [2.75, 3.05) is 32.7 Å². The van der Waals surface area contributed by atoms with E-state index in [-0.39, 0.29) is 29.0 Å². The summed E-state index contributed by atoms with van der Waals surface area (Å²) in [5.41, 5.74) is 2.08. The Labute approximate surface area is 183 Å². The van der Waals surface area contributed by atoms with Crippen LogP contribution in [0.1, 0.15) is 41.8 Å². The third-order valence-corrected chi connectivity index (χ3v) is 5.73. The summed E-state index contributed by atoms with van der Waals surface area (Å²) in [6.45, 7) is 9.03. The number of carbonyl (C=O) groups is 2. The second kappa shape index (κ2) is 10.4. The Morgan fingerprint density at radius 2 is 1.84 bits per heavy atom. The zero-order valence-electron chi connectivity index (χ0n) is 18.6. The quantitative estimate of drug-likeness (QED) is 0.737. The first-order valence-electron chi connectivity index (χ1n) is 10.9. The van der Waals surface area contributed by atoms with Crippen LogP contribution in [0.15, 0.2) is 47.4 Å². The van der Waals surface area contributed by atoms with Gasteiger partial charge in [-0.15, -0.1) is 0 Å². The molecule has 2 amide bonds. The summed E-state index contributed by atoms with van der Waals surface area (Å²) >= 11 is 0. The highest BCUT2D eigenvalue weighted by molar-refractivity contribution is 5.94. The smallest absolute Gasteiger partial charge is 0.263 e. The number of nitrogens with zero attached hydrogens (tertiary/aromatic N) is 3. The number of piperazine rings is 1. The van der Waals surface area contributed by atoms with Crippen LogP contribution in [-0.2, 0) is 11.3 Å². The van der Waals surface area contributed by atoms with Crippen molar-refractivity contribution in [3.05, 3.63) is 69.6 Å². The fraction of sp³-hybridized carbons (Fsp3) is 0.458. The lowest BCUT2D eigenvalue weighted by Gasteiger charge is -2.34. The fourth-order valence-electron chi connectivity index (χ4n) is 3.74. The number of aromatic nitrogens is 1. The van der Waals surface area contributed by atoms with Gasteiger partial charge in [-0.3, -0.25) is 19.3 Å². The monoisotopic (exact) mass is 424 g/mol. The van der Waals surface area contributed by atoms with Crippen LogP contribution in [0, 0.1) is 6.92 Å². The van der Waals surface area contributed by atoms with Gasteiger partial charge in [-0.25, -0.2) is 0 Å². The molecular weight excluding hydrogens is 392 g/mol. The summed E-state index contributed by atoms with van der Waals surface area (Å²) in [7, 11) is 0. The number of pyridine rings is 1. The van der Waals surface area contributed by atoms with E-state index >= 15 is 0 Å². The number of amides is 2. The zero-order chi connectivity index (χ0) is 22.4. The Morgan fingerprint density at radius 1 is 1.10 bits per heavy atom. The van der Waals surface area contributed by atoms with Crippen molar-refractivity contribution in [2.24, 2.45) is 0 Å². The first-order valence-corrected chi connectivity index (χ1v) is 10.9. The Hall–Kier alpha value is -2.93. The van der Waals surface area contributed by atoms with Crippen LogP contribution in [0.4, 0.5) is 0 Å². The molecule has 1 aromatic carbocycles. The van der Waals surface area contributed by atoms with Crippen LogP contribution < -0.4 is 10.9 Å². The van der Waals surface area contributed by atoms with Gasteiger partial charge < -0.3 is 14.8 Å². The Kier molecular flexibility index (Phi) is 7.63. The van der Waals surface area contributed by atoms with E-state index in [1.165, 1.54) is 0 Å². The molecule has 0 radical (unpaired) electrons. The van der Waals surface area contributed by atoms with E-state index in [0.29, 0.717) is 39.3 Å². The van der Waals surface area contributed by atoms with E-state index in [9.17, 15) is 14.4 Å². The minimum Gasteiger partial charge on any atom is -0.353 e. The lowest BCUT2D eigenvalue weighted by molar-refractivity contribution is -0.123. The number of nitrogens with one attached hydrogen (secondary N) is 1. The van der Waals surface area contributed by atoms with Gasteiger partial charge in [-0.05, 0) is 38.0 Å². The van der Waals surface area contributed by atoms with Gasteiger partial charge in [0.05, 0.1) is 13.1 Å². The minimum atomic E-state index is -0.274. The molecule has 1 aromatic heterocycles. The fourth-order valence-corrected chi connectivity index (χ4v) is 3.74. The summed E-state index contributed by atoms with van der Waals surface area (Å²) < 4.78 is 1.58. The van der Waals surface area contributed by atoms with Crippen molar-refractivity contribution in [1.82, 2.24) is 19.7 Å². The van der Waals surface area contributed by atoms with Crippen LogP contribution in [0.3, 0.4) is 0 Å². The van der Waals surface area contributed by atoms with Gasteiger partial charge in [-0.1, -0.05) is 36.8 Å². The Balaban J connectivity index is 1.61. The van der Waals surface area contributed by atoms with Gasteiger partial charge in [0.15, 0.2) is 0 Å². The molecule has 7 heteroatoms. The highest BCUT2D eigenvalue weighted by Crippen LogP contribution is 2.08. The molecular formula is C24H32N4O3. The first kappa shape index (κ1) is 22.7. The molecule has 0 bridgehead atoms. The van der Waals surface area contributed by atoms with Crippen molar-refractivity contribution in [3.8, 4) is 0 Å². The molecule has 1 N–H and O–H groups in total. The van der Waals surface area contributed by atoms with E-state index in [1.54, 1.807) is 27.8 Å². The third kappa shape index (κ3) is 6.04. The average molecular weight is 425 g/mol. The predicted octanol–water partition coefficient (Wildman–Crippen LogP) is 1.88. The standard InChI is InChI=1S/C24H32N4O3/c1-4-19(3)25-22(29)17-26-11-13-27(14-12-26)23(30)21-9-6-10-28(24(21)31)16-20-8-5-7-18(2)15-20/h5-10,15,19H,4,11-14,16-17H2,1-3H3,(H,25,29). The van der Waals surface area contributed by atoms with Crippen LogP contribution in [0.5, 0.6) is 0 Å². The number of carbonyl (C=O) groups excluding carboxylic acids is 2. The first-order chi connectivity index (χ1) is 14.9. The molecule has 7 nitrogen and oxygen atoms in total. The van der Waals surface area contributed by atoms with Crippen LogP contribution in [0.2, 0.25) is 0 Å². The van der Waals surface area contributed by atoms with Crippen LogP contribution in [-0.4, -0.2) is 64.9 Å². The van der Waals surface area contributed by atoms with Gasteiger partial charge in [0.25, 0.3) is 11.5 Å². The molecule has 0 spiro atoms. The average Bonchev–Trinajstić information content (AvgIpc) is 2.75. The van der Waals surface area contributed by atoms with Crippen LogP contribution >= 0.6 is 0 Å². The summed E-state index contributed by atoms with van der Waals surface area (Å²) in [4.78, 5) is 41.8. The van der Waals surface area contributed by atoms with Crippen molar-refractivity contribution < 1.29 is 9.59 Å². The van der Waals surface area contributed by atoms with Crippen molar-refractivity contribution in [2.45, 2.75) is 39.8 Å². The lowest BCUT2D eigenvalue weighted by atomic mass is 10.1. The van der Waals surface area contributed by atoms with Crippen molar-refractivity contribution in [1.29, 1.82) is 0 Å². The molecule has 3 rings (SSSR count). The largest absolute Gasteiger partial charge is 0.353 e. The molecule has 0 aliphatic carbocycles.